The molecular formula is C6H10N4. The van der Waals surface area contributed by atoms with E-state index in [0.29, 0.717) is 12.4 Å². The van der Waals surface area contributed by atoms with Crippen LogP contribution in [0.3, 0.4) is 0 Å². The third kappa shape index (κ3) is 1.65. The third-order valence-electron chi connectivity index (χ3n) is 1.28. The Labute approximate surface area is 59.4 Å². The summed E-state index contributed by atoms with van der Waals surface area (Å²) in [6, 6.07) is 0. The molecule has 0 fully saturated rings. The van der Waals surface area contributed by atoms with Gasteiger partial charge in [0.2, 0.25) is 5.96 Å². The van der Waals surface area contributed by atoms with Gasteiger partial charge in [0.1, 0.15) is 0 Å². The number of nitrogens with two attached hydrogens (primary N) is 1. The molecule has 0 aromatic heterocycles. The number of rotatable bonds is 2. The minimum Gasteiger partial charge on any atom is -0.368 e. The van der Waals surface area contributed by atoms with Crippen LogP contribution in [0.4, 0.5) is 0 Å². The Kier molecular flexibility index (Phi) is 2.15. The van der Waals surface area contributed by atoms with E-state index in [-0.39, 0.29) is 0 Å². The maximum Gasteiger partial charge on any atom is 0.215 e. The fourth-order valence-electron chi connectivity index (χ4n) is 0.818. The van der Waals surface area contributed by atoms with Crippen LogP contribution in [0.25, 0.3) is 0 Å². The van der Waals surface area contributed by atoms with Crippen molar-refractivity contribution in [2.24, 2.45) is 15.7 Å². The maximum absolute atomic E-state index is 6.82. The molecule has 0 unspecified atom stereocenters. The third-order valence-corrected chi connectivity index (χ3v) is 1.28. The van der Waals surface area contributed by atoms with Gasteiger partial charge in [0.25, 0.3) is 0 Å². The largest absolute Gasteiger partial charge is 0.368 e. The first-order chi connectivity index (χ1) is 4.83. The minimum atomic E-state index is 0.350. The van der Waals surface area contributed by atoms with Gasteiger partial charge in [-0.1, -0.05) is 0 Å². The summed E-state index contributed by atoms with van der Waals surface area (Å²) in [7, 11) is 0. The lowest BCUT2D eigenvalue weighted by Crippen LogP contribution is -2.18. The second-order valence-electron chi connectivity index (χ2n) is 2.08. The van der Waals surface area contributed by atoms with E-state index in [4.69, 9.17) is 11.1 Å². The first-order valence-electron chi connectivity index (χ1n) is 3.18. The number of guanidine groups is 1. The molecule has 1 aliphatic heterocycles. The molecule has 10 heavy (non-hydrogen) atoms. The fourth-order valence-corrected chi connectivity index (χ4v) is 0.818. The van der Waals surface area contributed by atoms with Crippen LogP contribution in [0.2, 0.25) is 0 Å². The Morgan fingerprint density at radius 3 is 3.10 bits per heavy atom. The van der Waals surface area contributed by atoms with Gasteiger partial charge in [-0.3, -0.25) is 4.99 Å². The predicted molar refractivity (Wildman–Crippen MR) is 41.9 cm³/mol. The summed E-state index contributed by atoms with van der Waals surface area (Å²) in [4.78, 5) is 7.86. The molecule has 4 heteroatoms. The van der Waals surface area contributed by atoms with E-state index in [0.717, 1.165) is 18.7 Å². The molecule has 0 spiro atoms. The van der Waals surface area contributed by atoms with E-state index < -0.39 is 0 Å². The van der Waals surface area contributed by atoms with Crippen molar-refractivity contribution in [1.82, 2.24) is 0 Å². The van der Waals surface area contributed by atoms with Crippen LogP contribution in [0.5, 0.6) is 0 Å². The van der Waals surface area contributed by atoms with Crippen molar-refractivity contribution in [2.45, 2.75) is 12.8 Å². The van der Waals surface area contributed by atoms with Crippen LogP contribution < -0.4 is 5.73 Å². The summed E-state index contributed by atoms with van der Waals surface area (Å²) in [5, 5.41) is 6.82. The number of nitrogens with zero attached hydrogens (tertiary/aromatic N) is 2. The molecule has 0 radical (unpaired) electrons. The molecular weight excluding hydrogens is 128 g/mol. The van der Waals surface area contributed by atoms with Crippen LogP contribution in [-0.2, 0) is 0 Å². The molecule has 3 N–H and O–H groups in total. The highest BCUT2D eigenvalue weighted by Gasteiger charge is 2.03. The number of hydrogen-bond donors (Lipinski definition) is 2. The van der Waals surface area contributed by atoms with Crippen molar-refractivity contribution in [3.8, 4) is 0 Å². The molecule has 0 bridgehead atoms. The van der Waals surface area contributed by atoms with Gasteiger partial charge >= 0.3 is 0 Å². The quantitative estimate of drug-likeness (QED) is 0.525. The lowest BCUT2D eigenvalue weighted by molar-refractivity contribution is 0.994. The van der Waals surface area contributed by atoms with Crippen molar-refractivity contribution in [3.63, 3.8) is 0 Å². The zero-order valence-corrected chi connectivity index (χ0v) is 5.67. The second kappa shape index (κ2) is 3.10. The topological polar surface area (TPSA) is 74.6 Å². The van der Waals surface area contributed by atoms with Crippen molar-refractivity contribution in [1.29, 1.82) is 5.41 Å². The Morgan fingerprint density at radius 2 is 2.50 bits per heavy atom. The van der Waals surface area contributed by atoms with Gasteiger partial charge in [-0.2, -0.15) is 0 Å². The monoisotopic (exact) mass is 138 g/mol. The molecule has 0 aromatic carbocycles. The Hall–Kier alpha value is -1.19. The maximum atomic E-state index is 6.82. The Bertz CT molecular complexity index is 192. The van der Waals surface area contributed by atoms with Gasteiger partial charge in [0, 0.05) is 31.3 Å². The standard InChI is InChI=1S/C6H10N4/c7-3-1-5-2-4-9-6(8)10-5/h3,7H,1-2,4H2,(H2,8,9). The van der Waals surface area contributed by atoms with Crippen LogP contribution in [0, 0.1) is 5.41 Å². The molecule has 0 aromatic rings. The molecule has 0 atom stereocenters. The SMILES string of the molecule is N=CCC1=NC(N)=NCC1. The van der Waals surface area contributed by atoms with E-state index in [1.54, 1.807) is 0 Å². The predicted octanol–water partition coefficient (Wildman–Crippen LogP) is 0.185. The van der Waals surface area contributed by atoms with Crippen LogP contribution in [0.1, 0.15) is 12.8 Å². The number of nitrogens with one attached hydrogen (secondary N) is 1. The summed E-state index contributed by atoms with van der Waals surface area (Å²) in [6.07, 6.45) is 2.78. The van der Waals surface area contributed by atoms with Crippen LogP contribution in [-0.4, -0.2) is 24.4 Å². The van der Waals surface area contributed by atoms with Crippen molar-refractivity contribution < 1.29 is 0 Å². The average molecular weight is 138 g/mol. The van der Waals surface area contributed by atoms with E-state index in [9.17, 15) is 0 Å². The molecule has 0 amide bonds. The molecule has 1 heterocycles. The molecule has 0 saturated heterocycles. The van der Waals surface area contributed by atoms with E-state index in [2.05, 4.69) is 9.98 Å². The lowest BCUT2D eigenvalue weighted by Gasteiger charge is -2.06. The van der Waals surface area contributed by atoms with E-state index >= 15 is 0 Å². The van der Waals surface area contributed by atoms with E-state index in [1.807, 2.05) is 0 Å². The smallest absolute Gasteiger partial charge is 0.215 e. The van der Waals surface area contributed by atoms with E-state index in [1.165, 1.54) is 6.21 Å². The van der Waals surface area contributed by atoms with Gasteiger partial charge in [-0.15, -0.1) is 0 Å². The fraction of sp³-hybridized carbons (Fsp3) is 0.500. The summed E-state index contributed by atoms with van der Waals surface area (Å²) in [5.74, 6) is 0.350. The Morgan fingerprint density at radius 1 is 1.70 bits per heavy atom. The summed E-state index contributed by atoms with van der Waals surface area (Å²) >= 11 is 0. The molecule has 0 aliphatic carbocycles. The van der Waals surface area contributed by atoms with Gasteiger partial charge in [-0.25, -0.2) is 4.99 Å². The highest BCUT2D eigenvalue weighted by molar-refractivity contribution is 6.03. The molecule has 0 saturated carbocycles. The second-order valence-corrected chi connectivity index (χ2v) is 2.08. The summed E-state index contributed by atoms with van der Waals surface area (Å²) in [6.45, 7) is 0.721. The molecule has 1 aliphatic rings. The average Bonchev–Trinajstić information content (AvgIpc) is 1.88. The highest BCUT2D eigenvalue weighted by atomic mass is 15.1. The van der Waals surface area contributed by atoms with Gasteiger partial charge in [0.05, 0.1) is 0 Å². The van der Waals surface area contributed by atoms with Gasteiger partial charge < -0.3 is 11.1 Å². The normalized spacial score (nSPS) is 17.6. The highest BCUT2D eigenvalue weighted by Crippen LogP contribution is 1.98. The summed E-state index contributed by atoms with van der Waals surface area (Å²) in [5.41, 5.74) is 6.30. The zero-order valence-electron chi connectivity index (χ0n) is 5.67. The zero-order chi connectivity index (χ0) is 7.40. The first-order valence-corrected chi connectivity index (χ1v) is 3.18. The van der Waals surface area contributed by atoms with Gasteiger partial charge in [0.15, 0.2) is 0 Å². The lowest BCUT2D eigenvalue weighted by atomic mass is 10.2. The molecule has 1 rings (SSSR count). The Balaban J connectivity index is 2.59. The van der Waals surface area contributed by atoms with Crippen molar-refractivity contribution in [2.75, 3.05) is 6.54 Å². The number of aliphatic imine (C=N–C) groups is 2. The number of hydrogen-bond acceptors (Lipinski definition) is 4. The minimum absolute atomic E-state index is 0.350. The van der Waals surface area contributed by atoms with Gasteiger partial charge in [-0.05, 0) is 0 Å². The van der Waals surface area contributed by atoms with Crippen LogP contribution >= 0.6 is 0 Å². The molecule has 4 nitrogen and oxygen atoms in total. The van der Waals surface area contributed by atoms with Crippen LogP contribution in [0.15, 0.2) is 9.98 Å². The molecule has 54 valence electrons. The van der Waals surface area contributed by atoms with Crippen molar-refractivity contribution >= 4 is 17.9 Å². The first kappa shape index (κ1) is 6.92. The summed E-state index contributed by atoms with van der Waals surface area (Å²) < 4.78 is 0. The van der Waals surface area contributed by atoms with Crippen molar-refractivity contribution in [3.05, 3.63) is 0 Å².